The van der Waals surface area contributed by atoms with E-state index in [1.807, 2.05) is 6.07 Å². The highest BCUT2D eigenvalue weighted by atomic mass is 19.4. The zero-order valence-corrected chi connectivity index (χ0v) is 15.1. The van der Waals surface area contributed by atoms with Crippen LogP contribution in [-0.2, 0) is 10.9 Å². The fourth-order valence-electron chi connectivity index (χ4n) is 3.17. The van der Waals surface area contributed by atoms with Crippen LogP contribution in [0.2, 0.25) is 0 Å². The molecule has 1 atom stereocenters. The molecule has 142 valence electrons. The summed E-state index contributed by atoms with van der Waals surface area (Å²) in [5.41, 5.74) is -0.191. The zero-order valence-electron chi connectivity index (χ0n) is 15.1. The molecule has 1 heterocycles. The van der Waals surface area contributed by atoms with Gasteiger partial charge >= 0.3 is 6.18 Å². The number of alkyl halides is 3. The van der Waals surface area contributed by atoms with E-state index in [1.54, 1.807) is 42.5 Å². The van der Waals surface area contributed by atoms with Gasteiger partial charge in [0.05, 0.1) is 11.1 Å². The molecule has 0 aliphatic carbocycles. The molecule has 0 saturated carbocycles. The number of allylic oxidation sites excluding steroid dienone is 2. The molecule has 0 bridgehead atoms. The second kappa shape index (κ2) is 7.54. The number of benzene rings is 2. The molecule has 29 heavy (non-hydrogen) atoms. The van der Waals surface area contributed by atoms with E-state index in [4.69, 9.17) is 15.3 Å². The van der Waals surface area contributed by atoms with Gasteiger partial charge in [0.15, 0.2) is 11.3 Å². The topological polar surface area (TPSA) is 80.6 Å². The van der Waals surface area contributed by atoms with E-state index < -0.39 is 23.4 Å². The van der Waals surface area contributed by atoms with Crippen molar-refractivity contribution in [1.29, 1.82) is 15.8 Å². The molecule has 0 saturated heterocycles. The van der Waals surface area contributed by atoms with Crippen molar-refractivity contribution in [2.45, 2.75) is 19.2 Å². The number of hydrogen-bond acceptors (Lipinski definition) is 4. The molecular weight excluding hydrogens is 379 g/mol. The van der Waals surface area contributed by atoms with Crippen LogP contribution in [0.5, 0.6) is 0 Å². The molecule has 0 radical (unpaired) electrons. The predicted molar refractivity (Wildman–Crippen MR) is 97.3 cm³/mol. The highest BCUT2D eigenvalue weighted by Gasteiger charge is 2.40. The first-order chi connectivity index (χ1) is 13.8. The summed E-state index contributed by atoms with van der Waals surface area (Å²) in [5, 5.41) is 27.6. The summed E-state index contributed by atoms with van der Waals surface area (Å²) in [6, 6.07) is 17.6. The zero-order chi connectivity index (χ0) is 21.2. The van der Waals surface area contributed by atoms with E-state index in [-0.39, 0.29) is 22.5 Å². The second-order valence-electron chi connectivity index (χ2n) is 6.26. The van der Waals surface area contributed by atoms with Crippen molar-refractivity contribution >= 4 is 0 Å². The highest BCUT2D eigenvalue weighted by molar-refractivity contribution is 5.66. The Morgan fingerprint density at radius 1 is 0.966 bits per heavy atom. The van der Waals surface area contributed by atoms with E-state index in [0.29, 0.717) is 11.1 Å². The minimum atomic E-state index is -4.65. The van der Waals surface area contributed by atoms with Crippen molar-refractivity contribution in [3.63, 3.8) is 0 Å². The van der Waals surface area contributed by atoms with Gasteiger partial charge in [-0.05, 0) is 35.8 Å². The highest BCUT2D eigenvalue weighted by Crippen LogP contribution is 2.46. The first-order valence-electron chi connectivity index (χ1n) is 8.40. The van der Waals surface area contributed by atoms with Crippen LogP contribution in [0, 0.1) is 34.0 Å². The molecule has 1 unspecified atom stereocenters. The van der Waals surface area contributed by atoms with Crippen molar-refractivity contribution in [1.82, 2.24) is 0 Å². The van der Waals surface area contributed by atoms with E-state index in [0.717, 1.165) is 6.07 Å². The molecule has 0 amide bonds. The van der Waals surface area contributed by atoms with Gasteiger partial charge in [0, 0.05) is 5.56 Å². The number of halogens is 3. The van der Waals surface area contributed by atoms with Crippen LogP contribution in [0.25, 0.3) is 11.1 Å². The Labute approximate surface area is 165 Å². The summed E-state index contributed by atoms with van der Waals surface area (Å²) >= 11 is 0. The van der Waals surface area contributed by atoms with Crippen molar-refractivity contribution in [3.05, 3.63) is 82.1 Å². The summed E-state index contributed by atoms with van der Waals surface area (Å²) < 4.78 is 46.6. The van der Waals surface area contributed by atoms with Crippen LogP contribution in [0.3, 0.4) is 0 Å². The summed E-state index contributed by atoms with van der Waals surface area (Å²) in [6.07, 6.45) is -5.89. The normalized spacial score (nSPS) is 15.9. The van der Waals surface area contributed by atoms with Crippen molar-refractivity contribution in [2.24, 2.45) is 0 Å². The van der Waals surface area contributed by atoms with Gasteiger partial charge < -0.3 is 4.74 Å². The van der Waals surface area contributed by atoms with E-state index >= 15 is 0 Å². The molecule has 0 aromatic heterocycles. The van der Waals surface area contributed by atoms with Crippen LogP contribution in [0.15, 0.2) is 71.0 Å². The Hall–Kier alpha value is -4.02. The second-order valence-corrected chi connectivity index (χ2v) is 6.26. The first kappa shape index (κ1) is 19.7. The van der Waals surface area contributed by atoms with Gasteiger partial charge in [0.1, 0.15) is 24.3 Å². The van der Waals surface area contributed by atoms with Crippen LogP contribution in [0.4, 0.5) is 13.2 Å². The number of nitrogens with zero attached hydrogens (tertiary/aromatic N) is 3. The van der Waals surface area contributed by atoms with Gasteiger partial charge in [-0.3, -0.25) is 0 Å². The lowest BCUT2D eigenvalue weighted by molar-refractivity contribution is -0.139. The molecular formula is C22H12F3N3O. The third-order valence-electron chi connectivity index (χ3n) is 4.56. The Kier molecular flexibility index (Phi) is 5.13. The maximum atomic E-state index is 13.7. The lowest BCUT2D eigenvalue weighted by atomic mass is 9.92. The standard InChI is InChI=1S/C22H12F3N3O/c1-13-18(12-28)21(16(10-26)11-27)29-20(13)17-9-15(14-5-3-2-4-6-14)7-8-19(17)22(23,24)25/h2-9,20H,1H3. The van der Waals surface area contributed by atoms with Crippen LogP contribution in [0.1, 0.15) is 24.2 Å². The third-order valence-corrected chi connectivity index (χ3v) is 4.56. The Balaban J connectivity index is 2.24. The molecule has 7 heteroatoms. The fraction of sp³-hybridized carbons (Fsp3) is 0.136. The SMILES string of the molecule is CC1=C(C#N)C(=C(C#N)C#N)OC1c1cc(-c2ccccc2)ccc1C(F)(F)F. The summed E-state index contributed by atoms with van der Waals surface area (Å²) in [5.74, 6) is -0.293. The smallest absolute Gasteiger partial charge is 0.416 e. The number of nitriles is 3. The Morgan fingerprint density at radius 2 is 1.62 bits per heavy atom. The molecule has 4 nitrogen and oxygen atoms in total. The van der Waals surface area contributed by atoms with Gasteiger partial charge in [0.2, 0.25) is 0 Å². The fourth-order valence-corrected chi connectivity index (χ4v) is 3.17. The van der Waals surface area contributed by atoms with Crippen molar-refractivity contribution in [2.75, 3.05) is 0 Å². The maximum Gasteiger partial charge on any atom is 0.416 e. The van der Waals surface area contributed by atoms with Gasteiger partial charge in [0.25, 0.3) is 0 Å². The van der Waals surface area contributed by atoms with E-state index in [9.17, 15) is 18.4 Å². The first-order valence-corrected chi connectivity index (χ1v) is 8.40. The van der Waals surface area contributed by atoms with Crippen molar-refractivity contribution in [3.8, 4) is 29.3 Å². The van der Waals surface area contributed by atoms with Crippen LogP contribution < -0.4 is 0 Å². The van der Waals surface area contributed by atoms with E-state index in [2.05, 4.69) is 0 Å². The van der Waals surface area contributed by atoms with Gasteiger partial charge in [-0.2, -0.15) is 29.0 Å². The largest absolute Gasteiger partial charge is 0.478 e. The van der Waals surface area contributed by atoms with E-state index in [1.165, 1.54) is 19.1 Å². The Morgan fingerprint density at radius 3 is 2.17 bits per heavy atom. The number of hydrogen-bond donors (Lipinski definition) is 0. The molecule has 1 aliphatic heterocycles. The molecule has 1 aliphatic rings. The number of ether oxygens (including phenoxy) is 1. The predicted octanol–water partition coefficient (Wildman–Crippen LogP) is 5.59. The van der Waals surface area contributed by atoms with Gasteiger partial charge in [-0.1, -0.05) is 36.4 Å². The van der Waals surface area contributed by atoms with Crippen LogP contribution in [-0.4, -0.2) is 0 Å². The molecule has 3 rings (SSSR count). The third kappa shape index (κ3) is 3.57. The quantitative estimate of drug-likeness (QED) is 0.626. The lowest BCUT2D eigenvalue weighted by Crippen LogP contribution is -2.13. The van der Waals surface area contributed by atoms with Crippen LogP contribution >= 0.6 is 0 Å². The Bertz CT molecular complexity index is 1140. The monoisotopic (exact) mass is 391 g/mol. The molecule has 0 fully saturated rings. The van der Waals surface area contributed by atoms with Gasteiger partial charge in [-0.25, -0.2) is 0 Å². The molecule has 2 aromatic carbocycles. The minimum absolute atomic E-state index is 0.105. The molecule has 2 aromatic rings. The van der Waals surface area contributed by atoms with Crippen molar-refractivity contribution < 1.29 is 17.9 Å². The van der Waals surface area contributed by atoms with Gasteiger partial charge in [-0.15, -0.1) is 0 Å². The minimum Gasteiger partial charge on any atom is -0.478 e. The number of rotatable bonds is 2. The summed E-state index contributed by atoms with van der Waals surface area (Å²) in [4.78, 5) is 0. The maximum absolute atomic E-state index is 13.7. The summed E-state index contributed by atoms with van der Waals surface area (Å²) in [7, 11) is 0. The summed E-state index contributed by atoms with van der Waals surface area (Å²) in [6.45, 7) is 1.46. The molecule has 0 spiro atoms. The lowest BCUT2D eigenvalue weighted by Gasteiger charge is -2.20. The molecule has 0 N–H and O–H groups in total. The average Bonchev–Trinajstić information content (AvgIpc) is 3.04. The average molecular weight is 391 g/mol.